The lowest BCUT2D eigenvalue weighted by Gasteiger charge is -2.29. The average Bonchev–Trinajstić information content (AvgIpc) is 2.59. The van der Waals surface area contributed by atoms with E-state index in [1.54, 1.807) is 24.3 Å². The van der Waals surface area contributed by atoms with E-state index < -0.39 is 17.9 Å². The molecule has 1 fully saturated rings. The summed E-state index contributed by atoms with van der Waals surface area (Å²) in [5.74, 6) is -1.51. The quantitative estimate of drug-likeness (QED) is 0.446. The van der Waals surface area contributed by atoms with E-state index in [0.29, 0.717) is 18.4 Å². The molecule has 0 heterocycles. The maximum Gasteiger partial charge on any atom is 0.309 e. The van der Waals surface area contributed by atoms with Crippen LogP contribution < -0.4 is 0 Å². The van der Waals surface area contributed by atoms with E-state index in [2.05, 4.69) is 20.9 Å². The predicted molar refractivity (Wildman–Crippen MR) is 87.5 cm³/mol. The van der Waals surface area contributed by atoms with Crippen LogP contribution in [0.1, 0.15) is 37.3 Å². The first kappa shape index (κ1) is 17.6. The van der Waals surface area contributed by atoms with Gasteiger partial charge in [0, 0.05) is 10.4 Å². The summed E-state index contributed by atoms with van der Waals surface area (Å²) < 4.78 is 5.69. The number of Topliss-reactive ketones (excluding diaryl/α,β-unsaturated/α-hetero) is 1. The summed E-state index contributed by atoms with van der Waals surface area (Å²) >= 11 is 3.33. The fourth-order valence-corrected chi connectivity index (χ4v) is 3.37. The molecule has 0 spiro atoms. The van der Waals surface area contributed by atoms with Crippen molar-refractivity contribution in [2.45, 2.75) is 31.7 Å². The monoisotopic (exact) mass is 379 g/mol. The molecule has 1 aromatic rings. The maximum absolute atomic E-state index is 12.9. The summed E-state index contributed by atoms with van der Waals surface area (Å²) in [6, 6.07) is 6.13. The number of esters is 1. The van der Waals surface area contributed by atoms with Crippen molar-refractivity contribution in [3.63, 3.8) is 0 Å². The number of isocyanates is 1. The number of carbonyl (C=O) groups is 2. The highest BCUT2D eigenvalue weighted by molar-refractivity contribution is 9.10. The zero-order chi connectivity index (χ0) is 16.8. The molecule has 6 heteroatoms. The number of rotatable bonds is 5. The van der Waals surface area contributed by atoms with E-state index in [-0.39, 0.29) is 11.8 Å². The Bertz CT molecular complexity index is 622. The molecule has 1 aliphatic carbocycles. The van der Waals surface area contributed by atoms with Crippen molar-refractivity contribution in [2.75, 3.05) is 7.11 Å². The van der Waals surface area contributed by atoms with Gasteiger partial charge in [0.1, 0.15) is 6.04 Å². The van der Waals surface area contributed by atoms with Gasteiger partial charge in [0.05, 0.1) is 13.0 Å². The highest BCUT2D eigenvalue weighted by atomic mass is 79.9. The molecule has 2 rings (SSSR count). The van der Waals surface area contributed by atoms with Crippen molar-refractivity contribution >= 4 is 33.8 Å². The molecule has 23 heavy (non-hydrogen) atoms. The molecule has 0 aliphatic heterocycles. The van der Waals surface area contributed by atoms with Crippen molar-refractivity contribution in [1.29, 1.82) is 0 Å². The normalized spacial score (nSPS) is 21.8. The largest absolute Gasteiger partial charge is 0.469 e. The predicted octanol–water partition coefficient (Wildman–Crippen LogP) is 3.37. The number of methoxy groups -OCH3 is 1. The van der Waals surface area contributed by atoms with Gasteiger partial charge in [0.25, 0.3) is 0 Å². The molecule has 3 atom stereocenters. The summed E-state index contributed by atoms with van der Waals surface area (Å²) in [5.41, 5.74) is 0.621. The number of nitrogens with zero attached hydrogens (tertiary/aromatic N) is 1. The van der Waals surface area contributed by atoms with Crippen molar-refractivity contribution < 1.29 is 19.1 Å². The molecule has 0 saturated heterocycles. The lowest BCUT2D eigenvalue weighted by molar-refractivity contribution is -0.151. The SMILES string of the molecule is COC(=O)[C@@H]1CCCC[C@H]1C(=O)C(N=C=O)c1ccc(Br)cc1. The molecular formula is C17H18BrNO4. The number of ketones is 1. The van der Waals surface area contributed by atoms with Crippen LogP contribution in [-0.4, -0.2) is 24.9 Å². The second-order valence-electron chi connectivity index (χ2n) is 5.60. The van der Waals surface area contributed by atoms with E-state index in [9.17, 15) is 14.4 Å². The van der Waals surface area contributed by atoms with Crippen LogP contribution in [0.4, 0.5) is 0 Å². The van der Waals surface area contributed by atoms with Crippen LogP contribution in [0.5, 0.6) is 0 Å². The highest BCUT2D eigenvalue weighted by Crippen LogP contribution is 2.36. The van der Waals surface area contributed by atoms with E-state index in [1.807, 2.05) is 0 Å². The van der Waals surface area contributed by atoms with Crippen molar-refractivity contribution in [1.82, 2.24) is 0 Å². The Morgan fingerprint density at radius 3 is 2.39 bits per heavy atom. The van der Waals surface area contributed by atoms with Crippen LogP contribution in [0.15, 0.2) is 33.7 Å². The topological polar surface area (TPSA) is 72.8 Å². The maximum atomic E-state index is 12.9. The van der Waals surface area contributed by atoms with Crippen LogP contribution >= 0.6 is 15.9 Å². The molecule has 1 aliphatic rings. The molecular weight excluding hydrogens is 362 g/mol. The first-order chi connectivity index (χ1) is 11.1. The third-order valence-electron chi connectivity index (χ3n) is 4.27. The Kier molecular flexibility index (Phi) is 6.25. The number of hydrogen-bond acceptors (Lipinski definition) is 5. The van der Waals surface area contributed by atoms with Crippen LogP contribution in [-0.2, 0) is 19.1 Å². The van der Waals surface area contributed by atoms with Gasteiger partial charge in [-0.25, -0.2) is 4.79 Å². The molecule has 0 radical (unpaired) electrons. The summed E-state index contributed by atoms with van der Waals surface area (Å²) in [5, 5.41) is 0. The number of aliphatic imine (C=N–C) groups is 1. The molecule has 122 valence electrons. The number of benzene rings is 1. The highest BCUT2D eigenvalue weighted by Gasteiger charge is 2.39. The second-order valence-corrected chi connectivity index (χ2v) is 6.51. The lowest BCUT2D eigenvalue weighted by atomic mass is 9.74. The van der Waals surface area contributed by atoms with Gasteiger partial charge in [-0.05, 0) is 30.5 Å². The van der Waals surface area contributed by atoms with Crippen molar-refractivity contribution in [3.05, 3.63) is 34.3 Å². The van der Waals surface area contributed by atoms with Gasteiger partial charge >= 0.3 is 5.97 Å². The number of carbonyl (C=O) groups excluding carboxylic acids is 3. The molecule has 0 N–H and O–H groups in total. The Labute approximate surface area is 143 Å². The minimum atomic E-state index is -0.921. The molecule has 0 bridgehead atoms. The van der Waals surface area contributed by atoms with Crippen molar-refractivity contribution in [2.24, 2.45) is 16.8 Å². The fourth-order valence-electron chi connectivity index (χ4n) is 3.11. The molecule has 0 aromatic heterocycles. The van der Waals surface area contributed by atoms with Gasteiger partial charge in [-0.2, -0.15) is 4.99 Å². The third-order valence-corrected chi connectivity index (χ3v) is 4.80. The van der Waals surface area contributed by atoms with Gasteiger partial charge in [-0.1, -0.05) is 40.9 Å². The van der Waals surface area contributed by atoms with Crippen LogP contribution in [0.3, 0.4) is 0 Å². The Balaban J connectivity index is 2.30. The van der Waals surface area contributed by atoms with Crippen LogP contribution in [0, 0.1) is 11.8 Å². The summed E-state index contributed by atoms with van der Waals surface area (Å²) in [6.45, 7) is 0. The fraction of sp³-hybridized carbons (Fsp3) is 0.471. The second kappa shape index (κ2) is 8.18. The first-order valence-corrected chi connectivity index (χ1v) is 8.31. The average molecular weight is 380 g/mol. The van der Waals surface area contributed by atoms with E-state index in [1.165, 1.54) is 13.2 Å². The van der Waals surface area contributed by atoms with Gasteiger partial charge in [0.15, 0.2) is 5.78 Å². The first-order valence-electron chi connectivity index (χ1n) is 7.52. The third kappa shape index (κ3) is 4.15. The summed E-state index contributed by atoms with van der Waals surface area (Å²) in [4.78, 5) is 39.3. The Morgan fingerprint density at radius 2 is 1.83 bits per heavy atom. The molecule has 0 amide bonds. The Morgan fingerprint density at radius 1 is 1.22 bits per heavy atom. The van der Waals surface area contributed by atoms with Gasteiger partial charge in [-0.15, -0.1) is 0 Å². The smallest absolute Gasteiger partial charge is 0.309 e. The Hall–Kier alpha value is -1.78. The standard InChI is InChI=1S/C17H18BrNO4/c1-23-17(22)14-5-3-2-4-13(14)16(21)15(19-10-20)11-6-8-12(18)9-7-11/h6-9,13-15H,2-5H2,1H3/t13-,14-,15?/m1/s1. The zero-order valence-electron chi connectivity index (χ0n) is 12.8. The number of halogens is 1. The number of hydrogen-bond donors (Lipinski definition) is 0. The molecule has 1 aromatic carbocycles. The molecule has 1 unspecified atom stereocenters. The minimum absolute atomic E-state index is 0.217. The van der Waals surface area contributed by atoms with Gasteiger partial charge in [0.2, 0.25) is 6.08 Å². The minimum Gasteiger partial charge on any atom is -0.469 e. The van der Waals surface area contributed by atoms with Crippen LogP contribution in [0.2, 0.25) is 0 Å². The molecule has 5 nitrogen and oxygen atoms in total. The lowest BCUT2D eigenvalue weighted by Crippen LogP contribution is -2.35. The summed E-state index contributed by atoms with van der Waals surface area (Å²) in [6.07, 6.45) is 4.49. The van der Waals surface area contributed by atoms with E-state index in [4.69, 9.17) is 4.74 Å². The number of ether oxygens (including phenoxy) is 1. The van der Waals surface area contributed by atoms with Gasteiger partial charge < -0.3 is 4.74 Å². The summed E-state index contributed by atoms with van der Waals surface area (Å²) in [7, 11) is 1.33. The van der Waals surface area contributed by atoms with Gasteiger partial charge in [-0.3, -0.25) is 9.59 Å². The van der Waals surface area contributed by atoms with E-state index in [0.717, 1.165) is 17.3 Å². The zero-order valence-corrected chi connectivity index (χ0v) is 14.4. The van der Waals surface area contributed by atoms with Crippen LogP contribution in [0.25, 0.3) is 0 Å². The van der Waals surface area contributed by atoms with E-state index >= 15 is 0 Å². The van der Waals surface area contributed by atoms with Crippen molar-refractivity contribution in [3.8, 4) is 0 Å². The molecule has 1 saturated carbocycles.